The Morgan fingerprint density at radius 1 is 1.41 bits per heavy atom. The van der Waals surface area contributed by atoms with Gasteiger partial charge in [0, 0.05) is 54.1 Å². The van der Waals surface area contributed by atoms with Crippen LogP contribution in [0.15, 0.2) is 59.5 Å². The van der Waals surface area contributed by atoms with Crippen LogP contribution >= 0.6 is 23.2 Å². The molecule has 7 heteroatoms. The fourth-order valence-corrected chi connectivity index (χ4v) is 4.34. The average molecular weight is 433 g/mol. The molecule has 154 valence electrons. The van der Waals surface area contributed by atoms with Gasteiger partial charge in [-0.1, -0.05) is 35.8 Å². The summed E-state index contributed by atoms with van der Waals surface area (Å²) in [5, 5.41) is 4.29. The van der Waals surface area contributed by atoms with Crippen LogP contribution in [-0.2, 0) is 11.2 Å². The highest BCUT2D eigenvalue weighted by Gasteiger charge is 2.29. The van der Waals surface area contributed by atoms with E-state index in [1.807, 2.05) is 24.1 Å². The summed E-state index contributed by atoms with van der Waals surface area (Å²) in [5.41, 5.74) is 3.05. The van der Waals surface area contributed by atoms with Crippen LogP contribution in [-0.4, -0.2) is 47.7 Å². The summed E-state index contributed by atoms with van der Waals surface area (Å²) in [7, 11) is 1.88. The third-order valence-corrected chi connectivity index (χ3v) is 6.27. The maximum Gasteiger partial charge on any atom is 0.222 e. The number of amides is 1. The number of likely N-dealkylation sites (tertiary alicyclic amines) is 1. The van der Waals surface area contributed by atoms with Gasteiger partial charge < -0.3 is 15.1 Å². The van der Waals surface area contributed by atoms with Gasteiger partial charge in [-0.3, -0.25) is 4.79 Å². The zero-order valence-electron chi connectivity index (χ0n) is 16.8. The van der Waals surface area contributed by atoms with Crippen molar-refractivity contribution in [3.63, 3.8) is 0 Å². The van der Waals surface area contributed by atoms with E-state index < -0.39 is 0 Å². The lowest BCUT2D eigenvalue weighted by Gasteiger charge is -2.26. The molecule has 3 rings (SSSR count). The highest BCUT2D eigenvalue weighted by molar-refractivity contribution is 6.36. The molecule has 1 unspecified atom stereocenters. The second-order valence-corrected chi connectivity index (χ2v) is 8.05. The van der Waals surface area contributed by atoms with E-state index in [1.165, 1.54) is 0 Å². The number of allylic oxidation sites excluding steroid dienone is 1. The van der Waals surface area contributed by atoms with Crippen molar-refractivity contribution in [3.8, 4) is 0 Å². The summed E-state index contributed by atoms with van der Waals surface area (Å²) in [6.07, 6.45) is 7.27. The van der Waals surface area contributed by atoms with Crippen LogP contribution in [0, 0.1) is 0 Å². The third kappa shape index (κ3) is 4.85. The Kier molecular flexibility index (Phi) is 7.04. The molecule has 1 aromatic carbocycles. The number of halogens is 2. The number of nitrogens with one attached hydrogen (secondary N) is 1. The van der Waals surface area contributed by atoms with Crippen molar-refractivity contribution >= 4 is 34.9 Å². The van der Waals surface area contributed by atoms with Gasteiger partial charge in [0.25, 0.3) is 0 Å². The number of aliphatic imine (C=N–C) groups is 1. The van der Waals surface area contributed by atoms with Gasteiger partial charge in [-0.25, -0.2) is 4.99 Å². The van der Waals surface area contributed by atoms with Gasteiger partial charge in [0.2, 0.25) is 5.91 Å². The highest BCUT2D eigenvalue weighted by Crippen LogP contribution is 2.27. The van der Waals surface area contributed by atoms with Crippen LogP contribution in [0.4, 0.5) is 0 Å². The van der Waals surface area contributed by atoms with Crippen LogP contribution in [0.3, 0.4) is 0 Å². The van der Waals surface area contributed by atoms with E-state index in [9.17, 15) is 4.79 Å². The lowest BCUT2D eigenvalue weighted by Crippen LogP contribution is -2.39. The molecule has 29 heavy (non-hydrogen) atoms. The number of likely N-dealkylation sites (N-methyl/N-ethyl adjacent to an activating group) is 1. The summed E-state index contributed by atoms with van der Waals surface area (Å²) < 4.78 is 0. The first kappa shape index (κ1) is 21.5. The van der Waals surface area contributed by atoms with Crippen molar-refractivity contribution in [3.05, 3.63) is 70.1 Å². The van der Waals surface area contributed by atoms with Crippen molar-refractivity contribution in [2.75, 3.05) is 20.1 Å². The zero-order valence-corrected chi connectivity index (χ0v) is 18.3. The van der Waals surface area contributed by atoms with Gasteiger partial charge in [-0.2, -0.15) is 0 Å². The summed E-state index contributed by atoms with van der Waals surface area (Å²) in [5.74, 6) is 0.913. The van der Waals surface area contributed by atoms with Crippen molar-refractivity contribution < 1.29 is 4.79 Å². The van der Waals surface area contributed by atoms with E-state index in [1.54, 1.807) is 24.5 Å². The molecule has 1 saturated heterocycles. The minimum absolute atomic E-state index is 0.106. The number of nitrogens with zero attached hydrogens (tertiary/aromatic N) is 3. The number of hydrogen-bond donors (Lipinski definition) is 1. The fraction of sp³-hybridized carbons (Fsp3) is 0.364. The molecule has 2 aliphatic heterocycles. The smallest absolute Gasteiger partial charge is 0.222 e. The monoisotopic (exact) mass is 432 g/mol. The van der Waals surface area contributed by atoms with E-state index >= 15 is 0 Å². The molecule has 0 radical (unpaired) electrons. The van der Waals surface area contributed by atoms with Gasteiger partial charge in [-0.05, 0) is 49.7 Å². The van der Waals surface area contributed by atoms with Gasteiger partial charge >= 0.3 is 0 Å². The van der Waals surface area contributed by atoms with Crippen LogP contribution in [0.2, 0.25) is 10.0 Å². The van der Waals surface area contributed by atoms with Crippen molar-refractivity contribution in [2.24, 2.45) is 4.99 Å². The number of amidine groups is 1. The molecule has 0 aromatic heterocycles. The molecule has 1 aromatic rings. The molecule has 1 fully saturated rings. The molecule has 0 saturated carbocycles. The molecule has 2 aliphatic rings. The second-order valence-electron chi connectivity index (χ2n) is 7.23. The fourth-order valence-electron chi connectivity index (χ4n) is 3.75. The first-order valence-corrected chi connectivity index (χ1v) is 10.4. The van der Waals surface area contributed by atoms with Crippen LogP contribution in [0.1, 0.15) is 25.3 Å². The van der Waals surface area contributed by atoms with Gasteiger partial charge in [0.15, 0.2) is 0 Å². The molecule has 0 aliphatic carbocycles. The molecule has 1 atom stereocenters. The van der Waals surface area contributed by atoms with E-state index in [-0.39, 0.29) is 11.9 Å². The van der Waals surface area contributed by atoms with Crippen molar-refractivity contribution in [1.29, 1.82) is 0 Å². The van der Waals surface area contributed by atoms with E-state index in [0.717, 1.165) is 42.2 Å². The van der Waals surface area contributed by atoms with Crippen molar-refractivity contribution in [1.82, 2.24) is 15.1 Å². The number of rotatable bonds is 6. The summed E-state index contributed by atoms with van der Waals surface area (Å²) >= 11 is 12.4. The Hall–Kier alpha value is -2.24. The molecule has 0 spiro atoms. The Labute approximate surface area is 182 Å². The van der Waals surface area contributed by atoms with Crippen molar-refractivity contribution in [2.45, 2.75) is 32.2 Å². The summed E-state index contributed by atoms with van der Waals surface area (Å²) in [4.78, 5) is 21.3. The first-order chi connectivity index (χ1) is 13.9. The average Bonchev–Trinajstić information content (AvgIpc) is 3.36. The first-order valence-electron chi connectivity index (χ1n) is 9.69. The lowest BCUT2D eigenvalue weighted by molar-refractivity contribution is -0.131. The quantitative estimate of drug-likeness (QED) is 0.724. The maximum atomic E-state index is 12.8. The van der Waals surface area contributed by atoms with Crippen LogP contribution in [0.5, 0.6) is 0 Å². The third-order valence-electron chi connectivity index (χ3n) is 5.56. The molecular weight excluding hydrogens is 407 g/mol. The highest BCUT2D eigenvalue weighted by atomic mass is 35.5. The molecule has 2 heterocycles. The predicted octanol–water partition coefficient (Wildman–Crippen LogP) is 4.39. The summed E-state index contributed by atoms with van der Waals surface area (Å²) in [6, 6.07) is 5.60. The molecular formula is C22H26Cl2N4O. The Morgan fingerprint density at radius 3 is 2.83 bits per heavy atom. The topological polar surface area (TPSA) is 47.9 Å². The number of carbonyl (C=O) groups is 1. The van der Waals surface area contributed by atoms with Gasteiger partial charge in [-0.15, -0.1) is 0 Å². The maximum absolute atomic E-state index is 12.8. The Balaban J connectivity index is 1.59. The standard InChI is InChI=1S/C22H26Cl2N4O/c1-4-25-22-17(10-12-26-22)15(2)28-13-11-16(14-28)27(3)21(29)9-8-18-19(23)6-5-7-20(18)24/h4-7,10,12,16H,1,8-9,11,13-14H2,2-3H3,(H,25,26)/b17-15+. The summed E-state index contributed by atoms with van der Waals surface area (Å²) in [6.45, 7) is 7.51. The Morgan fingerprint density at radius 2 is 2.14 bits per heavy atom. The SMILES string of the molecule is C=CNC1=NC=C/C1=C(/C)N1CCC(N(C)C(=O)CCc2c(Cl)cccc2Cl)C1. The second kappa shape index (κ2) is 9.51. The lowest BCUT2D eigenvalue weighted by atomic mass is 10.1. The van der Waals surface area contributed by atoms with E-state index in [0.29, 0.717) is 22.9 Å². The number of carbonyl (C=O) groups excluding carboxylic acids is 1. The molecule has 1 N–H and O–H groups in total. The molecule has 1 amide bonds. The number of hydrogen-bond acceptors (Lipinski definition) is 4. The minimum Gasteiger partial charge on any atom is -0.372 e. The van der Waals surface area contributed by atoms with Crippen LogP contribution in [0.25, 0.3) is 0 Å². The number of benzene rings is 1. The minimum atomic E-state index is 0.106. The largest absolute Gasteiger partial charge is 0.372 e. The molecule has 5 nitrogen and oxygen atoms in total. The zero-order chi connectivity index (χ0) is 21.0. The van der Waals surface area contributed by atoms with E-state index in [4.69, 9.17) is 23.2 Å². The molecule has 0 bridgehead atoms. The normalized spacial score (nSPS) is 19.9. The van der Waals surface area contributed by atoms with Gasteiger partial charge in [0.05, 0.1) is 6.04 Å². The van der Waals surface area contributed by atoms with Crippen LogP contribution < -0.4 is 5.32 Å². The van der Waals surface area contributed by atoms with E-state index in [2.05, 4.69) is 28.7 Å². The Bertz CT molecular complexity index is 871. The predicted molar refractivity (Wildman–Crippen MR) is 120 cm³/mol. The van der Waals surface area contributed by atoms with Gasteiger partial charge in [0.1, 0.15) is 5.84 Å².